The third-order valence-electron chi connectivity index (χ3n) is 4.34. The Labute approximate surface area is 192 Å². The number of benzene rings is 2. The molecule has 2 rings (SSSR count). The average Bonchev–Trinajstić information content (AvgIpc) is 2.66. The Morgan fingerprint density at radius 3 is 2.27 bits per heavy atom. The van der Waals surface area contributed by atoms with Gasteiger partial charge in [0.2, 0.25) is 0 Å². The average molecular weight is 487 g/mol. The summed E-state index contributed by atoms with van der Waals surface area (Å²) in [6.45, 7) is 9.87. The maximum Gasteiger partial charge on any atom is 0.416 e. The second-order valence-electron chi connectivity index (χ2n) is 9.13. The molecular formula is C23H29F3N2O4S. The van der Waals surface area contributed by atoms with Crippen molar-refractivity contribution < 1.29 is 30.6 Å². The minimum absolute atomic E-state index is 0.0500. The molecule has 0 aromatic heterocycles. The molecule has 0 aliphatic heterocycles. The van der Waals surface area contributed by atoms with Crippen molar-refractivity contribution >= 4 is 16.1 Å². The van der Waals surface area contributed by atoms with Gasteiger partial charge >= 0.3 is 22.3 Å². The highest BCUT2D eigenvalue weighted by atomic mass is 32.2. The van der Waals surface area contributed by atoms with Crippen molar-refractivity contribution in [1.82, 2.24) is 10.2 Å². The zero-order valence-electron chi connectivity index (χ0n) is 19.2. The number of rotatable bonds is 7. The first-order valence-electron chi connectivity index (χ1n) is 10.4. The van der Waals surface area contributed by atoms with Gasteiger partial charge in [-0.15, -0.1) is 0 Å². The standard InChI is InChI=1S/C23H29F3N2O4S/c1-16(2)14-28(21(29)27-22(3,4)5)15-17-9-6-7-12-20(17)32-33(30,31)19-11-8-10-18(13-19)23(24,25)26/h6-13,16H,14-15H2,1-5H3,(H,27,29). The lowest BCUT2D eigenvalue weighted by Gasteiger charge is -2.30. The number of carbonyl (C=O) groups is 1. The van der Waals surface area contributed by atoms with Gasteiger partial charge in [0.05, 0.1) is 12.1 Å². The molecule has 2 aromatic carbocycles. The number of carbonyl (C=O) groups excluding carboxylic acids is 1. The van der Waals surface area contributed by atoms with Crippen molar-refractivity contribution in [3.63, 3.8) is 0 Å². The fraction of sp³-hybridized carbons (Fsp3) is 0.435. The summed E-state index contributed by atoms with van der Waals surface area (Å²) in [7, 11) is -4.55. The van der Waals surface area contributed by atoms with Gasteiger partial charge in [-0.25, -0.2) is 4.79 Å². The van der Waals surface area contributed by atoms with Crippen LogP contribution in [0.3, 0.4) is 0 Å². The van der Waals surface area contributed by atoms with Crippen molar-refractivity contribution in [2.75, 3.05) is 6.54 Å². The molecule has 182 valence electrons. The van der Waals surface area contributed by atoms with Crippen molar-refractivity contribution in [2.45, 2.75) is 57.8 Å². The molecule has 33 heavy (non-hydrogen) atoms. The first-order valence-corrected chi connectivity index (χ1v) is 11.8. The summed E-state index contributed by atoms with van der Waals surface area (Å²) in [5.41, 5.74) is -1.17. The van der Waals surface area contributed by atoms with Gasteiger partial charge in [0.25, 0.3) is 0 Å². The Morgan fingerprint density at radius 1 is 1.06 bits per heavy atom. The molecule has 0 bridgehead atoms. The van der Waals surface area contributed by atoms with E-state index in [1.54, 1.807) is 18.2 Å². The van der Waals surface area contributed by atoms with Crippen molar-refractivity contribution in [3.8, 4) is 5.75 Å². The van der Waals surface area contributed by atoms with Gasteiger partial charge in [-0.1, -0.05) is 38.1 Å². The van der Waals surface area contributed by atoms with E-state index in [0.29, 0.717) is 18.2 Å². The normalized spacial score (nSPS) is 12.5. The van der Waals surface area contributed by atoms with E-state index in [2.05, 4.69) is 5.32 Å². The van der Waals surface area contributed by atoms with Gasteiger partial charge in [0, 0.05) is 17.6 Å². The number of hydrogen-bond donors (Lipinski definition) is 1. The van der Waals surface area contributed by atoms with Crippen LogP contribution in [0, 0.1) is 5.92 Å². The van der Waals surface area contributed by atoms with E-state index >= 15 is 0 Å². The number of para-hydroxylation sites is 1. The molecule has 6 nitrogen and oxygen atoms in total. The number of alkyl halides is 3. The number of nitrogens with zero attached hydrogens (tertiary/aromatic N) is 1. The fourth-order valence-electron chi connectivity index (χ4n) is 2.98. The molecule has 10 heteroatoms. The van der Waals surface area contributed by atoms with Gasteiger partial charge in [0.1, 0.15) is 10.6 Å². The third kappa shape index (κ3) is 7.96. The van der Waals surface area contributed by atoms with Crippen LogP contribution >= 0.6 is 0 Å². The number of amides is 2. The highest BCUT2D eigenvalue weighted by Crippen LogP contribution is 2.31. The Morgan fingerprint density at radius 2 is 1.70 bits per heavy atom. The van der Waals surface area contributed by atoms with Gasteiger partial charge in [-0.05, 0) is 51.0 Å². The second kappa shape index (κ2) is 10.0. The SMILES string of the molecule is CC(C)CN(Cc1ccccc1OS(=O)(=O)c1cccc(C(F)(F)F)c1)C(=O)NC(C)(C)C. The zero-order chi connectivity index (χ0) is 25.0. The van der Waals surface area contributed by atoms with Crippen LogP contribution in [0.25, 0.3) is 0 Å². The number of halogens is 3. The molecule has 0 heterocycles. The summed E-state index contributed by atoms with van der Waals surface area (Å²) in [6, 6.07) is 9.24. The van der Waals surface area contributed by atoms with Crippen LogP contribution in [0.2, 0.25) is 0 Å². The number of nitrogens with one attached hydrogen (secondary N) is 1. The summed E-state index contributed by atoms with van der Waals surface area (Å²) < 4.78 is 69.7. The molecular weight excluding hydrogens is 457 g/mol. The van der Waals surface area contributed by atoms with E-state index in [-0.39, 0.29) is 24.2 Å². The lowest BCUT2D eigenvalue weighted by molar-refractivity contribution is -0.137. The molecule has 0 atom stereocenters. The van der Waals surface area contributed by atoms with Crippen LogP contribution in [0.4, 0.5) is 18.0 Å². The predicted octanol–water partition coefficient (Wildman–Crippen LogP) is 5.44. The molecule has 0 unspecified atom stereocenters. The van der Waals surface area contributed by atoms with E-state index in [4.69, 9.17) is 4.18 Å². The molecule has 0 spiro atoms. The predicted molar refractivity (Wildman–Crippen MR) is 119 cm³/mol. The molecule has 2 aromatic rings. The third-order valence-corrected chi connectivity index (χ3v) is 5.57. The monoisotopic (exact) mass is 486 g/mol. The summed E-state index contributed by atoms with van der Waals surface area (Å²) in [4.78, 5) is 13.7. The summed E-state index contributed by atoms with van der Waals surface area (Å²) in [5.74, 6) is 0.0740. The summed E-state index contributed by atoms with van der Waals surface area (Å²) >= 11 is 0. The molecule has 0 aliphatic rings. The van der Waals surface area contributed by atoms with Crippen LogP contribution < -0.4 is 9.50 Å². The molecule has 0 saturated carbocycles. The van der Waals surface area contributed by atoms with Crippen LogP contribution in [-0.2, 0) is 22.8 Å². The quantitative estimate of drug-likeness (QED) is 0.529. The van der Waals surface area contributed by atoms with Crippen molar-refractivity contribution in [2.24, 2.45) is 5.92 Å². The van der Waals surface area contributed by atoms with Gasteiger partial charge < -0.3 is 14.4 Å². The molecule has 2 amide bonds. The van der Waals surface area contributed by atoms with Crippen LogP contribution in [0.5, 0.6) is 5.75 Å². The van der Waals surface area contributed by atoms with E-state index in [0.717, 1.165) is 18.2 Å². The second-order valence-corrected chi connectivity index (χ2v) is 10.7. The summed E-state index contributed by atoms with van der Waals surface area (Å²) in [5, 5.41) is 2.88. The van der Waals surface area contributed by atoms with E-state index in [9.17, 15) is 26.4 Å². The Kier molecular flexibility index (Phi) is 8.05. The van der Waals surface area contributed by atoms with Gasteiger partial charge in [-0.3, -0.25) is 0 Å². The van der Waals surface area contributed by atoms with Crippen LogP contribution in [0.1, 0.15) is 45.7 Å². The van der Waals surface area contributed by atoms with E-state index in [1.165, 1.54) is 11.0 Å². The van der Waals surface area contributed by atoms with Crippen molar-refractivity contribution in [3.05, 3.63) is 59.7 Å². The lowest BCUT2D eigenvalue weighted by Crippen LogP contribution is -2.49. The highest BCUT2D eigenvalue weighted by molar-refractivity contribution is 7.87. The molecule has 1 N–H and O–H groups in total. The molecule has 0 radical (unpaired) electrons. The largest absolute Gasteiger partial charge is 0.416 e. The Hall–Kier alpha value is -2.75. The molecule has 0 fully saturated rings. The Balaban J connectivity index is 2.35. The molecule has 0 saturated heterocycles. The highest BCUT2D eigenvalue weighted by Gasteiger charge is 2.32. The first kappa shape index (κ1) is 26.5. The maximum atomic E-state index is 13.0. The first-order chi connectivity index (χ1) is 15.1. The van der Waals surface area contributed by atoms with Crippen molar-refractivity contribution in [1.29, 1.82) is 0 Å². The summed E-state index contributed by atoms with van der Waals surface area (Å²) in [6.07, 6.45) is -4.69. The topological polar surface area (TPSA) is 75.7 Å². The van der Waals surface area contributed by atoms with Crippen LogP contribution in [-0.4, -0.2) is 31.4 Å². The minimum atomic E-state index is -4.69. The van der Waals surface area contributed by atoms with Gasteiger partial charge in [-0.2, -0.15) is 21.6 Å². The van der Waals surface area contributed by atoms with Crippen LogP contribution in [0.15, 0.2) is 53.4 Å². The lowest BCUT2D eigenvalue weighted by atomic mass is 10.1. The van der Waals surface area contributed by atoms with Gasteiger partial charge in [0.15, 0.2) is 0 Å². The number of hydrogen-bond acceptors (Lipinski definition) is 4. The molecule has 0 aliphatic carbocycles. The smallest absolute Gasteiger partial charge is 0.379 e. The minimum Gasteiger partial charge on any atom is -0.379 e. The van der Waals surface area contributed by atoms with E-state index in [1.807, 2.05) is 34.6 Å². The fourth-order valence-corrected chi connectivity index (χ4v) is 3.99. The van der Waals surface area contributed by atoms with E-state index < -0.39 is 32.3 Å². The maximum absolute atomic E-state index is 13.0. The zero-order valence-corrected chi connectivity index (χ0v) is 20.0. The Bertz CT molecular complexity index is 1080. The number of urea groups is 1.